The summed E-state index contributed by atoms with van der Waals surface area (Å²) in [7, 11) is 0. The predicted octanol–water partition coefficient (Wildman–Crippen LogP) is 3.51. The molecule has 0 aliphatic carbocycles. The molecule has 0 spiro atoms. The average Bonchev–Trinajstić information content (AvgIpc) is 2.50. The van der Waals surface area contributed by atoms with Crippen molar-refractivity contribution in [2.45, 2.75) is 13.0 Å². The largest absolute Gasteiger partial charge is 0.384 e. The SMILES string of the molecule is O=C(CCNc1ccc(Cl)c(Cl)c1)NCc1ccncc1. The molecule has 0 aliphatic heterocycles. The van der Waals surface area contributed by atoms with Crippen molar-refractivity contribution in [1.82, 2.24) is 10.3 Å². The first-order chi connectivity index (χ1) is 10.1. The van der Waals surface area contributed by atoms with E-state index in [2.05, 4.69) is 15.6 Å². The molecule has 0 radical (unpaired) electrons. The first-order valence-corrected chi connectivity index (χ1v) is 7.25. The zero-order valence-electron chi connectivity index (χ0n) is 11.3. The van der Waals surface area contributed by atoms with E-state index in [0.29, 0.717) is 29.6 Å². The van der Waals surface area contributed by atoms with Crippen molar-refractivity contribution in [3.8, 4) is 0 Å². The molecular weight excluding hydrogens is 309 g/mol. The summed E-state index contributed by atoms with van der Waals surface area (Å²) < 4.78 is 0. The Kier molecular flexibility index (Phi) is 5.84. The summed E-state index contributed by atoms with van der Waals surface area (Å²) in [5.74, 6) is -0.0145. The molecule has 4 nitrogen and oxygen atoms in total. The minimum atomic E-state index is -0.0145. The van der Waals surface area contributed by atoms with Gasteiger partial charge in [-0.25, -0.2) is 0 Å². The van der Waals surface area contributed by atoms with Crippen molar-refractivity contribution in [3.05, 3.63) is 58.3 Å². The number of carbonyl (C=O) groups excluding carboxylic acids is 1. The second-order valence-electron chi connectivity index (χ2n) is 4.44. The highest BCUT2D eigenvalue weighted by atomic mass is 35.5. The van der Waals surface area contributed by atoms with Gasteiger partial charge in [0, 0.05) is 37.6 Å². The van der Waals surface area contributed by atoms with Crippen LogP contribution in [0.1, 0.15) is 12.0 Å². The molecule has 0 aliphatic rings. The van der Waals surface area contributed by atoms with Crippen LogP contribution in [0.5, 0.6) is 0 Å². The van der Waals surface area contributed by atoms with E-state index in [0.717, 1.165) is 11.3 Å². The van der Waals surface area contributed by atoms with Gasteiger partial charge in [-0.3, -0.25) is 9.78 Å². The third-order valence-electron chi connectivity index (χ3n) is 2.84. The van der Waals surface area contributed by atoms with Crippen molar-refractivity contribution < 1.29 is 4.79 Å². The molecule has 0 atom stereocenters. The lowest BCUT2D eigenvalue weighted by Crippen LogP contribution is -2.24. The molecule has 0 saturated heterocycles. The van der Waals surface area contributed by atoms with Gasteiger partial charge in [-0.2, -0.15) is 0 Å². The number of nitrogens with zero attached hydrogens (tertiary/aromatic N) is 1. The Morgan fingerprint density at radius 3 is 2.57 bits per heavy atom. The Labute approximate surface area is 133 Å². The lowest BCUT2D eigenvalue weighted by atomic mass is 10.2. The quantitative estimate of drug-likeness (QED) is 0.855. The topological polar surface area (TPSA) is 54.0 Å². The third-order valence-corrected chi connectivity index (χ3v) is 3.58. The first kappa shape index (κ1) is 15.6. The zero-order valence-corrected chi connectivity index (χ0v) is 12.8. The predicted molar refractivity (Wildman–Crippen MR) is 85.7 cm³/mol. The van der Waals surface area contributed by atoms with Crippen LogP contribution in [-0.2, 0) is 11.3 Å². The molecule has 0 saturated carbocycles. The van der Waals surface area contributed by atoms with Gasteiger partial charge in [-0.15, -0.1) is 0 Å². The van der Waals surface area contributed by atoms with Crippen molar-refractivity contribution in [2.75, 3.05) is 11.9 Å². The summed E-state index contributed by atoms with van der Waals surface area (Å²) in [6.45, 7) is 1.04. The second-order valence-corrected chi connectivity index (χ2v) is 5.25. The molecule has 110 valence electrons. The molecule has 2 N–H and O–H groups in total. The zero-order chi connectivity index (χ0) is 15.1. The number of pyridine rings is 1. The van der Waals surface area contributed by atoms with E-state index >= 15 is 0 Å². The highest BCUT2D eigenvalue weighted by Gasteiger charge is 2.02. The molecule has 2 aromatic rings. The third kappa shape index (κ3) is 5.25. The molecule has 2 rings (SSSR count). The normalized spacial score (nSPS) is 10.2. The van der Waals surface area contributed by atoms with Crippen molar-refractivity contribution >= 4 is 34.8 Å². The maximum absolute atomic E-state index is 11.7. The molecule has 1 heterocycles. The van der Waals surface area contributed by atoms with Crippen LogP contribution in [-0.4, -0.2) is 17.4 Å². The standard InChI is InChI=1S/C15H15Cl2N3O/c16-13-2-1-12(9-14(13)17)19-8-5-15(21)20-10-11-3-6-18-7-4-11/h1-4,6-7,9,19H,5,8,10H2,(H,20,21). The summed E-state index contributed by atoms with van der Waals surface area (Å²) in [5.41, 5.74) is 1.86. The maximum Gasteiger partial charge on any atom is 0.222 e. The summed E-state index contributed by atoms with van der Waals surface area (Å²) in [4.78, 5) is 15.6. The van der Waals surface area contributed by atoms with Gasteiger partial charge in [0.2, 0.25) is 5.91 Å². The number of anilines is 1. The number of halogens is 2. The van der Waals surface area contributed by atoms with E-state index in [4.69, 9.17) is 23.2 Å². The molecule has 21 heavy (non-hydrogen) atoms. The van der Waals surface area contributed by atoms with Crippen LogP contribution in [0.4, 0.5) is 5.69 Å². The molecule has 1 aromatic heterocycles. The van der Waals surface area contributed by atoms with E-state index in [1.54, 1.807) is 24.5 Å². The number of carbonyl (C=O) groups is 1. The van der Waals surface area contributed by atoms with Crippen LogP contribution in [0.2, 0.25) is 10.0 Å². The Bertz CT molecular complexity index is 605. The number of nitrogens with one attached hydrogen (secondary N) is 2. The van der Waals surface area contributed by atoms with E-state index in [9.17, 15) is 4.79 Å². The number of hydrogen-bond acceptors (Lipinski definition) is 3. The molecule has 0 bridgehead atoms. The maximum atomic E-state index is 11.7. The Balaban J connectivity index is 1.70. The fraction of sp³-hybridized carbons (Fsp3) is 0.200. The van der Waals surface area contributed by atoms with E-state index < -0.39 is 0 Å². The van der Waals surface area contributed by atoms with E-state index in [1.807, 2.05) is 18.2 Å². The van der Waals surface area contributed by atoms with Gasteiger partial charge in [0.15, 0.2) is 0 Å². The number of rotatable bonds is 6. The van der Waals surface area contributed by atoms with Crippen molar-refractivity contribution in [3.63, 3.8) is 0 Å². The Morgan fingerprint density at radius 2 is 1.86 bits per heavy atom. The first-order valence-electron chi connectivity index (χ1n) is 6.49. The Morgan fingerprint density at radius 1 is 1.10 bits per heavy atom. The second kappa shape index (κ2) is 7.86. The average molecular weight is 324 g/mol. The highest BCUT2D eigenvalue weighted by molar-refractivity contribution is 6.42. The van der Waals surface area contributed by atoms with Gasteiger partial charge >= 0.3 is 0 Å². The van der Waals surface area contributed by atoms with Gasteiger partial charge in [-0.05, 0) is 35.9 Å². The van der Waals surface area contributed by atoms with Crippen LogP contribution in [0, 0.1) is 0 Å². The van der Waals surface area contributed by atoms with E-state index in [1.165, 1.54) is 0 Å². The van der Waals surface area contributed by atoms with Gasteiger partial charge in [0.25, 0.3) is 0 Å². The minimum absolute atomic E-state index is 0.0145. The number of hydrogen-bond donors (Lipinski definition) is 2. The van der Waals surface area contributed by atoms with Crippen LogP contribution >= 0.6 is 23.2 Å². The van der Waals surface area contributed by atoms with Gasteiger partial charge in [-0.1, -0.05) is 23.2 Å². The summed E-state index contributed by atoms with van der Waals surface area (Å²) in [6.07, 6.45) is 3.78. The number of amides is 1. The monoisotopic (exact) mass is 323 g/mol. The lowest BCUT2D eigenvalue weighted by molar-refractivity contribution is -0.121. The minimum Gasteiger partial charge on any atom is -0.384 e. The molecule has 0 fully saturated rings. The highest BCUT2D eigenvalue weighted by Crippen LogP contribution is 2.24. The lowest BCUT2D eigenvalue weighted by Gasteiger charge is -2.08. The van der Waals surface area contributed by atoms with Gasteiger partial charge in [0.1, 0.15) is 0 Å². The van der Waals surface area contributed by atoms with Crippen LogP contribution in [0.15, 0.2) is 42.7 Å². The van der Waals surface area contributed by atoms with E-state index in [-0.39, 0.29) is 5.91 Å². The van der Waals surface area contributed by atoms with Crippen molar-refractivity contribution in [2.24, 2.45) is 0 Å². The van der Waals surface area contributed by atoms with Gasteiger partial charge < -0.3 is 10.6 Å². The number of benzene rings is 1. The van der Waals surface area contributed by atoms with Crippen molar-refractivity contribution in [1.29, 1.82) is 0 Å². The molecule has 1 amide bonds. The molecule has 0 unspecified atom stereocenters. The Hall–Kier alpha value is -1.78. The van der Waals surface area contributed by atoms with Crippen LogP contribution in [0.25, 0.3) is 0 Å². The fourth-order valence-corrected chi connectivity index (χ4v) is 2.01. The number of aromatic nitrogens is 1. The summed E-state index contributed by atoms with van der Waals surface area (Å²) in [5, 5.41) is 6.98. The summed E-state index contributed by atoms with van der Waals surface area (Å²) >= 11 is 11.8. The van der Waals surface area contributed by atoms with Gasteiger partial charge in [0.05, 0.1) is 10.0 Å². The fourth-order valence-electron chi connectivity index (χ4n) is 1.72. The molecule has 1 aromatic carbocycles. The molecule has 6 heteroatoms. The summed E-state index contributed by atoms with van der Waals surface area (Å²) in [6, 6.07) is 9.01. The molecular formula is C15H15Cl2N3O. The van der Waals surface area contributed by atoms with Crippen LogP contribution in [0.3, 0.4) is 0 Å². The van der Waals surface area contributed by atoms with Crippen LogP contribution < -0.4 is 10.6 Å². The smallest absolute Gasteiger partial charge is 0.222 e.